The zero-order valence-electron chi connectivity index (χ0n) is 16.6. The van der Waals surface area contributed by atoms with Gasteiger partial charge in [0.1, 0.15) is 12.4 Å². The third-order valence-corrected chi connectivity index (χ3v) is 6.21. The zero-order chi connectivity index (χ0) is 20.2. The Bertz CT molecular complexity index is 835. The number of amides is 2. The first-order chi connectivity index (χ1) is 14.1. The molecule has 1 aromatic rings. The quantitative estimate of drug-likeness (QED) is 0.704. The molecule has 3 heterocycles. The minimum atomic E-state index is -0.00772. The molecule has 0 aromatic heterocycles. The van der Waals surface area contributed by atoms with Crippen LogP contribution in [0.4, 0.5) is 0 Å². The largest absolute Gasteiger partial charge is 0.488 e. The molecule has 0 aliphatic carbocycles. The highest BCUT2D eigenvalue weighted by molar-refractivity contribution is 6.30. The Kier molecular flexibility index (Phi) is 6.24. The molecule has 0 radical (unpaired) electrons. The lowest BCUT2D eigenvalue weighted by molar-refractivity contribution is -0.140. The van der Waals surface area contributed by atoms with Gasteiger partial charge in [-0.05, 0) is 62.0 Å². The molecule has 0 bridgehead atoms. The molecule has 0 saturated carbocycles. The first-order valence-corrected chi connectivity index (χ1v) is 10.9. The highest BCUT2D eigenvalue weighted by atomic mass is 35.5. The van der Waals surface area contributed by atoms with Crippen molar-refractivity contribution in [2.45, 2.75) is 32.1 Å². The Morgan fingerprint density at radius 1 is 1.03 bits per heavy atom. The molecule has 2 saturated heterocycles. The van der Waals surface area contributed by atoms with E-state index in [1.807, 2.05) is 34.1 Å². The Labute approximate surface area is 176 Å². The number of carbonyl (C=O) groups excluding carboxylic acids is 2. The Morgan fingerprint density at radius 2 is 1.79 bits per heavy atom. The van der Waals surface area contributed by atoms with Crippen LogP contribution in [0.5, 0.6) is 5.75 Å². The zero-order valence-corrected chi connectivity index (χ0v) is 17.4. The smallest absolute Gasteiger partial charge is 0.246 e. The number of nitrogens with zero attached hydrogens (tertiary/aromatic N) is 2. The fourth-order valence-corrected chi connectivity index (χ4v) is 4.45. The lowest BCUT2D eigenvalue weighted by atomic mass is 9.94. The summed E-state index contributed by atoms with van der Waals surface area (Å²) in [7, 11) is 0. The first-order valence-electron chi connectivity index (χ1n) is 10.5. The van der Waals surface area contributed by atoms with Gasteiger partial charge in [-0.25, -0.2) is 0 Å². The van der Waals surface area contributed by atoms with E-state index in [0.717, 1.165) is 55.7 Å². The number of hydrogen-bond acceptors (Lipinski definition) is 3. The minimum Gasteiger partial charge on any atom is -0.488 e. The molecule has 1 aromatic carbocycles. The molecule has 3 aliphatic rings. The van der Waals surface area contributed by atoms with Crippen molar-refractivity contribution in [1.29, 1.82) is 0 Å². The molecule has 0 spiro atoms. The summed E-state index contributed by atoms with van der Waals surface area (Å²) in [5, 5.41) is 0.659. The highest BCUT2D eigenvalue weighted by Crippen LogP contribution is 2.29. The van der Waals surface area contributed by atoms with Crippen molar-refractivity contribution in [2.75, 3.05) is 32.8 Å². The number of piperidine rings is 2. The molecular formula is C23H27ClN2O3. The average Bonchev–Trinajstić information content (AvgIpc) is 2.77. The van der Waals surface area contributed by atoms with E-state index in [4.69, 9.17) is 16.3 Å². The number of ether oxygens (including phenoxy) is 1. The summed E-state index contributed by atoms with van der Waals surface area (Å²) in [4.78, 5) is 29.1. The average molecular weight is 415 g/mol. The van der Waals surface area contributed by atoms with Gasteiger partial charge in [0.2, 0.25) is 11.8 Å². The molecule has 0 unspecified atom stereocenters. The number of halogens is 1. The normalized spacial score (nSPS) is 20.2. The van der Waals surface area contributed by atoms with Gasteiger partial charge in [0.25, 0.3) is 0 Å². The van der Waals surface area contributed by atoms with Gasteiger partial charge in [-0.1, -0.05) is 17.7 Å². The minimum absolute atomic E-state index is 0.00772. The van der Waals surface area contributed by atoms with Gasteiger partial charge in [-0.3, -0.25) is 9.59 Å². The van der Waals surface area contributed by atoms with Crippen LogP contribution < -0.4 is 4.74 Å². The molecule has 5 nitrogen and oxygen atoms in total. The van der Waals surface area contributed by atoms with Crippen LogP contribution >= 0.6 is 11.6 Å². The maximum atomic E-state index is 12.7. The molecule has 2 amide bonds. The van der Waals surface area contributed by atoms with E-state index in [1.165, 1.54) is 6.42 Å². The number of benzene rings is 1. The number of rotatable bonds is 3. The van der Waals surface area contributed by atoms with Crippen molar-refractivity contribution in [3.05, 3.63) is 46.5 Å². The van der Waals surface area contributed by atoms with Gasteiger partial charge < -0.3 is 14.5 Å². The van der Waals surface area contributed by atoms with Crippen molar-refractivity contribution >= 4 is 29.5 Å². The van der Waals surface area contributed by atoms with E-state index in [2.05, 4.69) is 0 Å². The molecule has 0 atom stereocenters. The van der Waals surface area contributed by atoms with Crippen LogP contribution in [0.1, 0.15) is 37.7 Å². The summed E-state index contributed by atoms with van der Waals surface area (Å²) in [6.45, 7) is 3.51. The van der Waals surface area contributed by atoms with Crippen molar-refractivity contribution < 1.29 is 14.3 Å². The predicted octanol–water partition coefficient (Wildman–Crippen LogP) is 3.92. The van der Waals surface area contributed by atoms with Crippen LogP contribution in [-0.2, 0) is 9.59 Å². The lowest BCUT2D eigenvalue weighted by Gasteiger charge is -2.35. The lowest BCUT2D eigenvalue weighted by Crippen LogP contribution is -2.45. The standard InChI is InChI=1S/C23H27ClN2O3/c24-20-5-6-21-19(15-20)14-17(16-29-21)4-7-22(27)25-12-8-18(9-13-25)23(28)26-10-2-1-3-11-26/h4-7,14-15,18H,1-3,8-13,16H2/b7-4+. The molecule has 2 fully saturated rings. The number of likely N-dealkylation sites (tertiary alicyclic amines) is 2. The second-order valence-electron chi connectivity index (χ2n) is 8.01. The summed E-state index contributed by atoms with van der Waals surface area (Å²) in [6, 6.07) is 5.52. The summed E-state index contributed by atoms with van der Waals surface area (Å²) in [5.41, 5.74) is 1.86. The fraction of sp³-hybridized carbons (Fsp3) is 0.478. The van der Waals surface area contributed by atoms with E-state index in [9.17, 15) is 9.59 Å². The van der Waals surface area contributed by atoms with Gasteiger partial charge >= 0.3 is 0 Å². The SMILES string of the molecule is O=C(/C=C/C1=Cc2cc(Cl)ccc2OC1)N1CCC(C(=O)N2CCCCC2)CC1. The van der Waals surface area contributed by atoms with Gasteiger partial charge in [0.15, 0.2) is 0 Å². The maximum Gasteiger partial charge on any atom is 0.246 e. The van der Waals surface area contributed by atoms with E-state index in [-0.39, 0.29) is 17.7 Å². The fourth-order valence-electron chi connectivity index (χ4n) is 4.27. The van der Waals surface area contributed by atoms with Crippen molar-refractivity contribution in [2.24, 2.45) is 5.92 Å². The second kappa shape index (κ2) is 9.04. The van der Waals surface area contributed by atoms with E-state index < -0.39 is 0 Å². The Morgan fingerprint density at radius 3 is 2.55 bits per heavy atom. The Hall–Kier alpha value is -2.27. The summed E-state index contributed by atoms with van der Waals surface area (Å²) in [5.74, 6) is 1.15. The van der Waals surface area contributed by atoms with Crippen molar-refractivity contribution in [3.63, 3.8) is 0 Å². The molecule has 6 heteroatoms. The van der Waals surface area contributed by atoms with E-state index >= 15 is 0 Å². The summed E-state index contributed by atoms with van der Waals surface area (Å²) in [6.07, 6.45) is 10.4. The van der Waals surface area contributed by atoms with Crippen LogP contribution in [0, 0.1) is 5.92 Å². The van der Waals surface area contributed by atoms with Crippen LogP contribution in [-0.4, -0.2) is 54.4 Å². The predicted molar refractivity (Wildman–Crippen MR) is 114 cm³/mol. The molecule has 4 rings (SSSR count). The van der Waals surface area contributed by atoms with Gasteiger partial charge in [0.05, 0.1) is 0 Å². The molecular weight excluding hydrogens is 388 g/mol. The number of fused-ring (bicyclic) bond motifs is 1. The first kappa shape index (κ1) is 20.0. The number of hydrogen-bond donors (Lipinski definition) is 0. The summed E-state index contributed by atoms with van der Waals surface area (Å²) < 4.78 is 5.72. The van der Waals surface area contributed by atoms with Crippen molar-refractivity contribution in [1.82, 2.24) is 9.80 Å². The van der Waals surface area contributed by atoms with Crippen LogP contribution in [0.25, 0.3) is 6.08 Å². The van der Waals surface area contributed by atoms with Crippen molar-refractivity contribution in [3.8, 4) is 5.75 Å². The topological polar surface area (TPSA) is 49.9 Å². The summed E-state index contributed by atoms with van der Waals surface area (Å²) >= 11 is 6.05. The van der Waals surface area contributed by atoms with Crippen LogP contribution in [0.15, 0.2) is 35.9 Å². The molecule has 154 valence electrons. The molecule has 3 aliphatic heterocycles. The van der Waals surface area contributed by atoms with Gasteiger partial charge in [-0.2, -0.15) is 0 Å². The van der Waals surface area contributed by atoms with E-state index in [0.29, 0.717) is 24.7 Å². The third kappa shape index (κ3) is 4.84. The Balaban J connectivity index is 1.30. The monoisotopic (exact) mass is 414 g/mol. The second-order valence-corrected chi connectivity index (χ2v) is 8.45. The molecule has 29 heavy (non-hydrogen) atoms. The van der Waals surface area contributed by atoms with Crippen LogP contribution in [0.3, 0.4) is 0 Å². The third-order valence-electron chi connectivity index (χ3n) is 5.97. The van der Waals surface area contributed by atoms with Gasteiger partial charge in [-0.15, -0.1) is 0 Å². The highest BCUT2D eigenvalue weighted by Gasteiger charge is 2.30. The number of carbonyl (C=O) groups is 2. The van der Waals surface area contributed by atoms with E-state index in [1.54, 1.807) is 12.1 Å². The van der Waals surface area contributed by atoms with Crippen LogP contribution in [0.2, 0.25) is 5.02 Å². The molecule has 0 N–H and O–H groups in total. The maximum absolute atomic E-state index is 12.7. The van der Waals surface area contributed by atoms with Gasteiger partial charge in [0, 0.05) is 48.8 Å².